The lowest BCUT2D eigenvalue weighted by atomic mass is 9.90. The minimum atomic E-state index is -4.01. The molecule has 2 amide bonds. The van der Waals surface area contributed by atoms with E-state index in [4.69, 9.17) is 9.02 Å². The molecule has 0 N–H and O–H groups in total. The number of rotatable bonds is 7. The molecule has 2 aliphatic rings. The van der Waals surface area contributed by atoms with E-state index in [1.165, 1.54) is 29.2 Å². The highest BCUT2D eigenvalue weighted by Crippen LogP contribution is 2.47. The number of hydrogen-bond acceptors (Lipinski definition) is 7. The van der Waals surface area contributed by atoms with Crippen LogP contribution in [0.4, 0.5) is 5.69 Å². The van der Waals surface area contributed by atoms with Crippen LogP contribution in [0.1, 0.15) is 17.2 Å². The Kier molecular flexibility index (Phi) is 6.38. The molecule has 0 aromatic heterocycles. The molecule has 2 fully saturated rings. The number of amides is 2. The molecule has 0 saturated carbocycles. The van der Waals surface area contributed by atoms with Crippen LogP contribution in [0.15, 0.2) is 120 Å². The van der Waals surface area contributed by atoms with E-state index < -0.39 is 28.2 Å². The maximum atomic E-state index is 13.7. The number of benzene rings is 4. The van der Waals surface area contributed by atoms with Crippen molar-refractivity contribution in [2.75, 3.05) is 5.06 Å². The van der Waals surface area contributed by atoms with E-state index in [-0.39, 0.29) is 29.0 Å². The van der Waals surface area contributed by atoms with Crippen LogP contribution in [0, 0.1) is 5.92 Å². The first kappa shape index (κ1) is 24.8. The van der Waals surface area contributed by atoms with Crippen LogP contribution in [0.3, 0.4) is 0 Å². The molecule has 8 nitrogen and oxygen atoms in total. The van der Waals surface area contributed by atoms with Crippen molar-refractivity contribution in [2.24, 2.45) is 5.92 Å². The summed E-state index contributed by atoms with van der Waals surface area (Å²) in [5.74, 6) is -1.35. The molecule has 0 unspecified atom stereocenters. The monoisotopic (exact) mass is 540 g/mol. The fraction of sp³-hybridized carbons (Fsp3) is 0.133. The molecular weight excluding hydrogens is 516 g/mol. The topological polar surface area (TPSA) is 93.2 Å². The van der Waals surface area contributed by atoms with E-state index in [0.717, 1.165) is 5.56 Å². The fourth-order valence-electron chi connectivity index (χ4n) is 5.01. The number of nitrogens with zero attached hydrogens (tertiary/aromatic N) is 2. The van der Waals surface area contributed by atoms with Crippen molar-refractivity contribution >= 4 is 27.6 Å². The Morgan fingerprint density at radius 2 is 1.31 bits per heavy atom. The van der Waals surface area contributed by atoms with Crippen molar-refractivity contribution in [2.45, 2.75) is 23.6 Å². The van der Waals surface area contributed by atoms with Crippen LogP contribution in [-0.4, -0.2) is 31.2 Å². The molecule has 9 heteroatoms. The summed E-state index contributed by atoms with van der Waals surface area (Å²) >= 11 is 0. The number of anilines is 1. The number of imide groups is 1. The van der Waals surface area contributed by atoms with Gasteiger partial charge in [-0.05, 0) is 47.5 Å². The highest BCUT2D eigenvalue weighted by Gasteiger charge is 2.59. The summed E-state index contributed by atoms with van der Waals surface area (Å²) < 4.78 is 30.6. The molecule has 39 heavy (non-hydrogen) atoms. The summed E-state index contributed by atoms with van der Waals surface area (Å²) in [7, 11) is -4.01. The van der Waals surface area contributed by atoms with Crippen molar-refractivity contribution < 1.29 is 27.0 Å². The van der Waals surface area contributed by atoms with Crippen LogP contribution < -0.4 is 9.25 Å². The lowest BCUT2D eigenvalue weighted by Gasteiger charge is -2.28. The Labute approximate surface area is 226 Å². The first-order chi connectivity index (χ1) is 18.9. The molecule has 0 bridgehead atoms. The predicted octanol–water partition coefficient (Wildman–Crippen LogP) is 4.50. The molecule has 4 aromatic rings. The molecule has 2 heterocycles. The zero-order chi connectivity index (χ0) is 27.0. The quantitative estimate of drug-likeness (QED) is 0.252. The van der Waals surface area contributed by atoms with Crippen molar-refractivity contribution in [3.05, 3.63) is 126 Å². The first-order valence-electron chi connectivity index (χ1n) is 12.4. The molecule has 2 saturated heterocycles. The smallest absolute Gasteiger partial charge is 0.339 e. The van der Waals surface area contributed by atoms with Gasteiger partial charge in [0, 0.05) is 0 Å². The lowest BCUT2D eigenvalue weighted by Crippen LogP contribution is -2.36. The van der Waals surface area contributed by atoms with Crippen molar-refractivity contribution in [1.82, 2.24) is 4.90 Å². The zero-order valence-corrected chi connectivity index (χ0v) is 21.5. The molecule has 3 atom stereocenters. The predicted molar refractivity (Wildman–Crippen MR) is 143 cm³/mol. The fourth-order valence-corrected chi connectivity index (χ4v) is 5.96. The molecule has 0 radical (unpaired) electrons. The maximum Gasteiger partial charge on any atom is 0.339 e. The van der Waals surface area contributed by atoms with Crippen molar-refractivity contribution in [3.63, 3.8) is 0 Å². The summed E-state index contributed by atoms with van der Waals surface area (Å²) in [5.41, 5.74) is 2.22. The summed E-state index contributed by atoms with van der Waals surface area (Å²) in [4.78, 5) is 34.5. The number of para-hydroxylation sites is 1. The highest BCUT2D eigenvalue weighted by molar-refractivity contribution is 7.87. The summed E-state index contributed by atoms with van der Waals surface area (Å²) in [5, 5.41) is 1.60. The van der Waals surface area contributed by atoms with E-state index in [9.17, 15) is 18.0 Å². The Morgan fingerprint density at radius 1 is 0.718 bits per heavy atom. The van der Waals surface area contributed by atoms with Gasteiger partial charge in [-0.15, -0.1) is 0 Å². The first-order valence-corrected chi connectivity index (χ1v) is 13.8. The van der Waals surface area contributed by atoms with E-state index in [0.29, 0.717) is 11.3 Å². The van der Waals surface area contributed by atoms with Gasteiger partial charge in [0.25, 0.3) is 5.91 Å². The van der Waals surface area contributed by atoms with Gasteiger partial charge in [-0.25, -0.2) is 5.06 Å². The second-order valence-electron chi connectivity index (χ2n) is 9.33. The van der Waals surface area contributed by atoms with Gasteiger partial charge >= 0.3 is 10.1 Å². The van der Waals surface area contributed by atoms with Gasteiger partial charge in [-0.3, -0.25) is 19.3 Å². The molecule has 0 aliphatic carbocycles. The summed E-state index contributed by atoms with van der Waals surface area (Å²) in [6, 6.07) is 32.3. The average Bonchev–Trinajstić information content (AvgIpc) is 3.47. The molecule has 196 valence electrons. The maximum absolute atomic E-state index is 13.7. The molecule has 4 aromatic carbocycles. The SMILES string of the molecule is O=C1[C@@H]2[C@@H](c3ccc(OS(=O)(=O)c4ccccc4)cc3)N(c3ccccc3)O[C@H]2C(=O)N1Cc1ccccc1. The highest BCUT2D eigenvalue weighted by atomic mass is 32.2. The number of hydrogen-bond donors (Lipinski definition) is 0. The van der Waals surface area contributed by atoms with Gasteiger partial charge in [0.2, 0.25) is 5.91 Å². The van der Waals surface area contributed by atoms with Crippen molar-refractivity contribution in [1.29, 1.82) is 0 Å². The van der Waals surface area contributed by atoms with Crippen LogP contribution in [0.5, 0.6) is 5.75 Å². The molecule has 6 rings (SSSR count). The third kappa shape index (κ3) is 4.67. The molecule has 2 aliphatic heterocycles. The molecule has 0 spiro atoms. The number of carbonyl (C=O) groups is 2. The second kappa shape index (κ2) is 10.0. The van der Waals surface area contributed by atoms with Crippen LogP contribution in [0.25, 0.3) is 0 Å². The van der Waals surface area contributed by atoms with Gasteiger partial charge in [-0.1, -0.05) is 78.9 Å². The van der Waals surface area contributed by atoms with Crippen LogP contribution in [0.2, 0.25) is 0 Å². The number of carbonyl (C=O) groups excluding carboxylic acids is 2. The normalized spacial score (nSPS) is 20.8. The van der Waals surface area contributed by atoms with E-state index in [1.807, 2.05) is 60.7 Å². The minimum absolute atomic E-state index is 0.0462. The Balaban J connectivity index is 1.31. The minimum Gasteiger partial charge on any atom is -0.379 e. The largest absolute Gasteiger partial charge is 0.379 e. The zero-order valence-electron chi connectivity index (χ0n) is 20.7. The van der Waals surface area contributed by atoms with Gasteiger partial charge in [-0.2, -0.15) is 8.42 Å². The molecular formula is C30H24N2O6S. The lowest BCUT2D eigenvalue weighted by molar-refractivity contribution is -0.143. The standard InChI is InChI=1S/C30H24N2O6S/c33-29-26-27(22-16-18-24(19-17-22)38-39(35,36)25-14-8-3-9-15-25)32(23-12-6-2-7-13-23)37-28(26)30(34)31(29)20-21-10-4-1-5-11-21/h1-19,26-28H,20H2/t26-,27-,28-/m1/s1. The van der Waals surface area contributed by atoms with Gasteiger partial charge in [0.1, 0.15) is 16.6 Å². The van der Waals surface area contributed by atoms with Gasteiger partial charge in [0.05, 0.1) is 18.3 Å². The van der Waals surface area contributed by atoms with Crippen molar-refractivity contribution in [3.8, 4) is 5.75 Å². The summed E-state index contributed by atoms with van der Waals surface area (Å²) in [6.07, 6.45) is -0.971. The van der Waals surface area contributed by atoms with Crippen LogP contribution >= 0.6 is 0 Å². The number of hydroxylamine groups is 1. The third-order valence-electron chi connectivity index (χ3n) is 6.86. The number of fused-ring (bicyclic) bond motifs is 1. The van der Waals surface area contributed by atoms with Gasteiger partial charge in [0.15, 0.2) is 6.10 Å². The Bertz CT molecular complexity index is 1600. The Hall–Kier alpha value is -4.47. The third-order valence-corrected chi connectivity index (χ3v) is 8.12. The van der Waals surface area contributed by atoms with E-state index in [2.05, 4.69) is 0 Å². The van der Waals surface area contributed by atoms with E-state index >= 15 is 0 Å². The average molecular weight is 541 g/mol. The second-order valence-corrected chi connectivity index (χ2v) is 10.9. The van der Waals surface area contributed by atoms with Crippen LogP contribution in [-0.2, 0) is 31.1 Å². The summed E-state index contributed by atoms with van der Waals surface area (Å²) in [6.45, 7) is 0.164. The van der Waals surface area contributed by atoms with Gasteiger partial charge < -0.3 is 4.18 Å². The Morgan fingerprint density at radius 3 is 1.95 bits per heavy atom. The number of likely N-dealkylation sites (tertiary alicyclic amines) is 1. The van der Waals surface area contributed by atoms with E-state index in [1.54, 1.807) is 35.4 Å².